The molecule has 2 heterocycles. The van der Waals surface area contributed by atoms with E-state index in [4.69, 9.17) is 18.9 Å². The molecule has 6 nitrogen and oxygen atoms in total. The molecule has 3 fully saturated rings. The third-order valence-corrected chi connectivity index (χ3v) is 3.67. The molecular weight excluding hydrogens is 240 g/mol. The molecule has 0 amide bonds. The molecule has 1 saturated carbocycles. The van der Waals surface area contributed by atoms with E-state index in [-0.39, 0.29) is 0 Å². The van der Waals surface area contributed by atoms with E-state index in [2.05, 4.69) is 0 Å². The standard InChI is InChI=1S/C12H20O6/c1-11(2)15-7-5(13)9-10(6(14)8(7)16-11)18-12(3,4)17-9/h5-10,13-14H,1-4H3/t5?,6?,7-,8?,9?,10-/m1/s1. The Bertz CT molecular complexity index is 292. The monoisotopic (exact) mass is 260 g/mol. The van der Waals surface area contributed by atoms with Gasteiger partial charge in [0, 0.05) is 0 Å². The minimum absolute atomic E-state index is 0.589. The number of ether oxygens (including phenoxy) is 4. The molecule has 1 aliphatic carbocycles. The van der Waals surface area contributed by atoms with E-state index in [0.29, 0.717) is 0 Å². The Morgan fingerprint density at radius 2 is 0.833 bits per heavy atom. The van der Waals surface area contributed by atoms with Gasteiger partial charge in [0.2, 0.25) is 0 Å². The van der Waals surface area contributed by atoms with Crippen molar-refractivity contribution in [1.82, 2.24) is 0 Å². The fourth-order valence-corrected chi connectivity index (χ4v) is 3.06. The van der Waals surface area contributed by atoms with E-state index in [9.17, 15) is 10.2 Å². The second-order valence-electron chi connectivity index (χ2n) is 6.11. The lowest BCUT2D eigenvalue weighted by molar-refractivity contribution is -0.183. The highest BCUT2D eigenvalue weighted by atomic mass is 16.8. The first kappa shape index (κ1) is 12.8. The highest BCUT2D eigenvalue weighted by molar-refractivity contribution is 5.07. The fraction of sp³-hybridized carbons (Fsp3) is 1.00. The van der Waals surface area contributed by atoms with Crippen LogP contribution in [0.2, 0.25) is 0 Å². The van der Waals surface area contributed by atoms with Crippen LogP contribution >= 0.6 is 0 Å². The fourth-order valence-electron chi connectivity index (χ4n) is 3.06. The van der Waals surface area contributed by atoms with Crippen LogP contribution < -0.4 is 0 Å². The number of fused-ring (bicyclic) bond motifs is 2. The summed E-state index contributed by atoms with van der Waals surface area (Å²) < 4.78 is 22.6. The van der Waals surface area contributed by atoms with Gasteiger partial charge in [-0.15, -0.1) is 0 Å². The van der Waals surface area contributed by atoms with Gasteiger partial charge in [-0.25, -0.2) is 0 Å². The Morgan fingerprint density at radius 3 is 1.06 bits per heavy atom. The van der Waals surface area contributed by atoms with Crippen molar-refractivity contribution < 1.29 is 29.2 Å². The van der Waals surface area contributed by atoms with Gasteiger partial charge in [0.15, 0.2) is 11.6 Å². The molecule has 0 aromatic rings. The van der Waals surface area contributed by atoms with Crippen LogP contribution in [0.3, 0.4) is 0 Å². The zero-order valence-electron chi connectivity index (χ0n) is 11.0. The number of hydrogen-bond acceptors (Lipinski definition) is 6. The molecule has 0 aromatic heterocycles. The molecule has 6 atom stereocenters. The highest BCUT2D eigenvalue weighted by Crippen LogP contribution is 2.43. The Labute approximate surface area is 106 Å². The van der Waals surface area contributed by atoms with E-state index in [1.807, 2.05) is 0 Å². The van der Waals surface area contributed by atoms with Crippen LogP contribution in [0.4, 0.5) is 0 Å². The second kappa shape index (κ2) is 3.65. The van der Waals surface area contributed by atoms with Crippen LogP contribution in [-0.4, -0.2) is 58.4 Å². The molecule has 0 spiro atoms. The SMILES string of the molecule is CC1(C)OC2C(O)[C@H]3OC(C)(C)OC3C(O)[C@H]2O1. The summed E-state index contributed by atoms with van der Waals surface area (Å²) in [7, 11) is 0. The number of aliphatic hydroxyl groups is 2. The lowest BCUT2D eigenvalue weighted by Gasteiger charge is -2.38. The lowest BCUT2D eigenvalue weighted by atomic mass is 9.85. The molecule has 4 unspecified atom stereocenters. The zero-order valence-corrected chi connectivity index (χ0v) is 11.0. The van der Waals surface area contributed by atoms with Gasteiger partial charge in [0.25, 0.3) is 0 Å². The summed E-state index contributed by atoms with van der Waals surface area (Å²) in [6.45, 7) is 7.02. The quantitative estimate of drug-likeness (QED) is 0.626. The lowest BCUT2D eigenvalue weighted by Crippen LogP contribution is -2.61. The van der Waals surface area contributed by atoms with Crippen LogP contribution in [0.25, 0.3) is 0 Å². The van der Waals surface area contributed by atoms with Crippen molar-refractivity contribution in [1.29, 1.82) is 0 Å². The third kappa shape index (κ3) is 1.79. The van der Waals surface area contributed by atoms with Crippen molar-refractivity contribution in [2.24, 2.45) is 0 Å². The van der Waals surface area contributed by atoms with E-state index in [1.54, 1.807) is 27.7 Å². The van der Waals surface area contributed by atoms with Crippen LogP contribution in [-0.2, 0) is 18.9 Å². The molecule has 2 saturated heterocycles. The molecular formula is C12H20O6. The van der Waals surface area contributed by atoms with Crippen LogP contribution in [0.15, 0.2) is 0 Å². The van der Waals surface area contributed by atoms with Crippen molar-refractivity contribution >= 4 is 0 Å². The Kier molecular flexibility index (Phi) is 2.59. The topological polar surface area (TPSA) is 77.4 Å². The van der Waals surface area contributed by atoms with E-state index in [0.717, 1.165) is 0 Å². The molecule has 0 radical (unpaired) electrons. The van der Waals surface area contributed by atoms with Gasteiger partial charge in [-0.3, -0.25) is 0 Å². The Morgan fingerprint density at radius 1 is 0.611 bits per heavy atom. The van der Waals surface area contributed by atoms with Gasteiger partial charge in [-0.2, -0.15) is 0 Å². The molecule has 3 rings (SSSR count). The van der Waals surface area contributed by atoms with E-state index < -0.39 is 48.2 Å². The van der Waals surface area contributed by atoms with Crippen molar-refractivity contribution in [2.75, 3.05) is 0 Å². The average Bonchev–Trinajstić information content (AvgIpc) is 2.72. The van der Waals surface area contributed by atoms with Crippen LogP contribution in [0.1, 0.15) is 27.7 Å². The molecule has 104 valence electrons. The third-order valence-electron chi connectivity index (χ3n) is 3.67. The summed E-state index contributed by atoms with van der Waals surface area (Å²) >= 11 is 0. The van der Waals surface area contributed by atoms with Gasteiger partial charge in [0.05, 0.1) is 0 Å². The smallest absolute Gasteiger partial charge is 0.164 e. The second-order valence-corrected chi connectivity index (χ2v) is 6.11. The molecule has 18 heavy (non-hydrogen) atoms. The van der Waals surface area contributed by atoms with E-state index >= 15 is 0 Å². The highest BCUT2D eigenvalue weighted by Gasteiger charge is 2.62. The van der Waals surface area contributed by atoms with Gasteiger partial charge >= 0.3 is 0 Å². The first-order chi connectivity index (χ1) is 8.20. The summed E-state index contributed by atoms with van der Waals surface area (Å²) in [5.74, 6) is -1.63. The van der Waals surface area contributed by atoms with Crippen molar-refractivity contribution in [3.8, 4) is 0 Å². The van der Waals surface area contributed by atoms with Crippen molar-refractivity contribution in [3.63, 3.8) is 0 Å². The van der Waals surface area contributed by atoms with Crippen LogP contribution in [0, 0.1) is 0 Å². The first-order valence-electron chi connectivity index (χ1n) is 6.28. The average molecular weight is 260 g/mol. The maximum atomic E-state index is 10.3. The van der Waals surface area contributed by atoms with Gasteiger partial charge in [0.1, 0.15) is 36.6 Å². The van der Waals surface area contributed by atoms with Crippen molar-refractivity contribution in [3.05, 3.63) is 0 Å². The molecule has 0 aromatic carbocycles. The predicted molar refractivity (Wildman–Crippen MR) is 59.7 cm³/mol. The summed E-state index contributed by atoms with van der Waals surface area (Å²) in [6, 6.07) is 0. The minimum atomic E-state index is -0.869. The molecule has 3 aliphatic rings. The Balaban J connectivity index is 1.88. The summed E-state index contributed by atoms with van der Waals surface area (Å²) in [6.07, 6.45) is -4.09. The predicted octanol–water partition coefficient (Wildman–Crippen LogP) is -0.238. The summed E-state index contributed by atoms with van der Waals surface area (Å²) in [5, 5.41) is 20.6. The maximum absolute atomic E-state index is 10.3. The van der Waals surface area contributed by atoms with Gasteiger partial charge in [-0.05, 0) is 27.7 Å². The van der Waals surface area contributed by atoms with Crippen LogP contribution in [0.5, 0.6) is 0 Å². The van der Waals surface area contributed by atoms with Crippen molar-refractivity contribution in [2.45, 2.75) is 75.9 Å². The first-order valence-corrected chi connectivity index (χ1v) is 6.28. The normalized spacial score (nSPS) is 53.0. The minimum Gasteiger partial charge on any atom is -0.387 e. The molecule has 2 N–H and O–H groups in total. The number of hydrogen-bond donors (Lipinski definition) is 2. The summed E-state index contributed by atoms with van der Waals surface area (Å²) in [5.41, 5.74) is 0. The number of rotatable bonds is 0. The zero-order chi connectivity index (χ0) is 13.3. The molecule has 6 heteroatoms. The maximum Gasteiger partial charge on any atom is 0.164 e. The van der Waals surface area contributed by atoms with Gasteiger partial charge < -0.3 is 29.2 Å². The molecule has 0 bridgehead atoms. The Hall–Kier alpha value is -0.240. The summed E-state index contributed by atoms with van der Waals surface area (Å²) in [4.78, 5) is 0. The van der Waals surface area contributed by atoms with E-state index in [1.165, 1.54) is 0 Å². The molecule has 2 aliphatic heterocycles. The number of aliphatic hydroxyl groups excluding tert-OH is 2. The largest absolute Gasteiger partial charge is 0.387 e. The van der Waals surface area contributed by atoms with Gasteiger partial charge in [-0.1, -0.05) is 0 Å².